The Morgan fingerprint density at radius 1 is 0.600 bits per heavy atom. The fraction of sp³-hybridized carbons (Fsp3) is 0. The zero-order chi connectivity index (χ0) is 13.4. The molecule has 0 radical (unpaired) electrons. The molecular formula is C19H13N. The lowest BCUT2D eigenvalue weighted by atomic mass is 9.98. The molecule has 0 aliphatic heterocycles. The van der Waals surface area contributed by atoms with Gasteiger partial charge in [0.1, 0.15) is 0 Å². The molecule has 4 aromatic rings. The zero-order valence-electron chi connectivity index (χ0n) is 11.0. The van der Waals surface area contributed by atoms with E-state index in [0.717, 1.165) is 5.52 Å². The first-order valence-electron chi connectivity index (χ1n) is 6.75. The average Bonchev–Trinajstić information content (AvgIpc) is 2.55. The number of fused-ring (bicyclic) bond motifs is 3. The third-order valence-corrected chi connectivity index (χ3v) is 3.72. The van der Waals surface area contributed by atoms with Crippen LogP contribution in [0.1, 0.15) is 0 Å². The topological polar surface area (TPSA) is 12.9 Å². The molecule has 0 amide bonds. The fourth-order valence-electron chi connectivity index (χ4n) is 2.76. The molecule has 20 heavy (non-hydrogen) atoms. The van der Waals surface area contributed by atoms with E-state index in [0.29, 0.717) is 0 Å². The summed E-state index contributed by atoms with van der Waals surface area (Å²) in [5.41, 5.74) is 3.54. The van der Waals surface area contributed by atoms with Gasteiger partial charge in [-0.1, -0.05) is 66.7 Å². The zero-order valence-corrected chi connectivity index (χ0v) is 11.0. The van der Waals surface area contributed by atoms with Gasteiger partial charge in [0.2, 0.25) is 0 Å². The van der Waals surface area contributed by atoms with Gasteiger partial charge in [-0.2, -0.15) is 0 Å². The van der Waals surface area contributed by atoms with Gasteiger partial charge in [-0.3, -0.25) is 4.98 Å². The Morgan fingerprint density at radius 2 is 1.40 bits per heavy atom. The minimum atomic E-state index is 1.07. The first-order chi connectivity index (χ1) is 9.93. The number of aromatic nitrogens is 1. The molecule has 0 saturated heterocycles. The second-order valence-corrected chi connectivity index (χ2v) is 4.91. The number of pyridine rings is 1. The highest BCUT2D eigenvalue weighted by Gasteiger charge is 2.06. The van der Waals surface area contributed by atoms with Crippen LogP contribution >= 0.6 is 0 Å². The van der Waals surface area contributed by atoms with Crippen molar-refractivity contribution in [3.8, 4) is 11.1 Å². The molecule has 0 N–H and O–H groups in total. The number of hydrogen-bond donors (Lipinski definition) is 0. The molecule has 0 unspecified atom stereocenters. The second kappa shape index (κ2) is 4.46. The van der Waals surface area contributed by atoms with Crippen LogP contribution in [0, 0.1) is 0 Å². The van der Waals surface area contributed by atoms with Crippen LogP contribution in [0.2, 0.25) is 0 Å². The van der Waals surface area contributed by atoms with E-state index in [1.165, 1.54) is 27.3 Å². The van der Waals surface area contributed by atoms with Gasteiger partial charge in [0.25, 0.3) is 0 Å². The largest absolute Gasteiger partial charge is 0.256 e. The summed E-state index contributed by atoms with van der Waals surface area (Å²) in [7, 11) is 0. The number of benzene rings is 3. The van der Waals surface area contributed by atoms with Gasteiger partial charge < -0.3 is 0 Å². The minimum Gasteiger partial charge on any atom is -0.256 e. The average molecular weight is 255 g/mol. The molecular weight excluding hydrogens is 242 g/mol. The predicted octanol–water partition coefficient (Wildman–Crippen LogP) is 5.06. The van der Waals surface area contributed by atoms with E-state index in [-0.39, 0.29) is 0 Å². The molecule has 94 valence electrons. The van der Waals surface area contributed by atoms with Crippen molar-refractivity contribution < 1.29 is 0 Å². The standard InChI is InChI=1S/C19H13N/c1-2-6-14(7-3-1)16-12-13-20-19-17-9-5-4-8-15(17)10-11-18(16)19/h1-13H. The number of hydrogen-bond acceptors (Lipinski definition) is 1. The maximum absolute atomic E-state index is 4.60. The van der Waals surface area contributed by atoms with Gasteiger partial charge in [-0.15, -0.1) is 0 Å². The van der Waals surface area contributed by atoms with Crippen LogP contribution in [0.3, 0.4) is 0 Å². The summed E-state index contributed by atoms with van der Waals surface area (Å²) in [5.74, 6) is 0. The molecule has 0 atom stereocenters. The lowest BCUT2D eigenvalue weighted by molar-refractivity contribution is 1.42. The maximum Gasteiger partial charge on any atom is 0.0786 e. The Labute approximate surface area is 117 Å². The van der Waals surface area contributed by atoms with Crippen LogP contribution in [0.25, 0.3) is 32.8 Å². The van der Waals surface area contributed by atoms with Gasteiger partial charge >= 0.3 is 0 Å². The maximum atomic E-state index is 4.60. The van der Waals surface area contributed by atoms with Crippen molar-refractivity contribution in [2.75, 3.05) is 0 Å². The summed E-state index contributed by atoms with van der Waals surface area (Å²) in [6.07, 6.45) is 1.90. The monoisotopic (exact) mass is 255 g/mol. The molecule has 0 aliphatic carbocycles. The van der Waals surface area contributed by atoms with E-state index in [4.69, 9.17) is 0 Å². The molecule has 4 rings (SSSR count). The second-order valence-electron chi connectivity index (χ2n) is 4.91. The van der Waals surface area contributed by atoms with Crippen molar-refractivity contribution in [2.45, 2.75) is 0 Å². The SMILES string of the molecule is c1ccc(-c2ccnc3c2ccc2ccccc23)cc1. The van der Waals surface area contributed by atoms with Crippen LogP contribution in [-0.4, -0.2) is 4.98 Å². The molecule has 1 aromatic heterocycles. The third-order valence-electron chi connectivity index (χ3n) is 3.72. The summed E-state index contributed by atoms with van der Waals surface area (Å²) in [5, 5.41) is 3.65. The molecule has 0 aliphatic rings. The van der Waals surface area contributed by atoms with E-state index >= 15 is 0 Å². The van der Waals surface area contributed by atoms with E-state index in [9.17, 15) is 0 Å². The lowest BCUT2D eigenvalue weighted by Crippen LogP contribution is -1.85. The Bertz CT molecular complexity index is 895. The number of rotatable bonds is 1. The molecule has 0 spiro atoms. The highest BCUT2D eigenvalue weighted by atomic mass is 14.6. The highest BCUT2D eigenvalue weighted by Crippen LogP contribution is 2.31. The Kier molecular flexibility index (Phi) is 2.49. The van der Waals surface area contributed by atoms with E-state index in [2.05, 4.69) is 71.7 Å². The molecule has 1 heterocycles. The summed E-state index contributed by atoms with van der Waals surface area (Å²) < 4.78 is 0. The van der Waals surface area contributed by atoms with E-state index < -0.39 is 0 Å². The Balaban J connectivity index is 2.12. The first kappa shape index (κ1) is 11.2. The summed E-state index contributed by atoms with van der Waals surface area (Å²) in [6.45, 7) is 0. The molecule has 0 fully saturated rings. The smallest absolute Gasteiger partial charge is 0.0786 e. The van der Waals surface area contributed by atoms with Gasteiger partial charge in [0.15, 0.2) is 0 Å². The van der Waals surface area contributed by atoms with Crippen molar-refractivity contribution in [3.63, 3.8) is 0 Å². The Hall–Kier alpha value is -2.67. The first-order valence-corrected chi connectivity index (χ1v) is 6.75. The van der Waals surface area contributed by atoms with Crippen LogP contribution in [-0.2, 0) is 0 Å². The quantitative estimate of drug-likeness (QED) is 0.433. The number of nitrogens with zero attached hydrogens (tertiary/aromatic N) is 1. The Morgan fingerprint density at radius 3 is 2.30 bits per heavy atom. The van der Waals surface area contributed by atoms with Crippen LogP contribution in [0.4, 0.5) is 0 Å². The fourth-order valence-corrected chi connectivity index (χ4v) is 2.76. The minimum absolute atomic E-state index is 1.07. The van der Waals surface area contributed by atoms with E-state index in [1.807, 2.05) is 12.3 Å². The highest BCUT2D eigenvalue weighted by molar-refractivity contribution is 6.09. The summed E-state index contributed by atoms with van der Waals surface area (Å²) >= 11 is 0. The summed E-state index contributed by atoms with van der Waals surface area (Å²) in [4.78, 5) is 4.60. The molecule has 1 heteroatoms. The van der Waals surface area contributed by atoms with Crippen molar-refractivity contribution in [1.82, 2.24) is 4.98 Å². The lowest BCUT2D eigenvalue weighted by Gasteiger charge is -2.08. The summed E-state index contributed by atoms with van der Waals surface area (Å²) in [6, 6.07) is 25.3. The van der Waals surface area contributed by atoms with Gasteiger partial charge in [-0.05, 0) is 22.6 Å². The van der Waals surface area contributed by atoms with Crippen LogP contribution in [0.5, 0.6) is 0 Å². The van der Waals surface area contributed by atoms with Gasteiger partial charge in [-0.25, -0.2) is 0 Å². The molecule has 0 bridgehead atoms. The predicted molar refractivity (Wildman–Crippen MR) is 84.7 cm³/mol. The van der Waals surface area contributed by atoms with Crippen molar-refractivity contribution in [1.29, 1.82) is 0 Å². The van der Waals surface area contributed by atoms with Gasteiger partial charge in [0, 0.05) is 17.0 Å². The molecule has 0 saturated carbocycles. The third kappa shape index (κ3) is 1.68. The van der Waals surface area contributed by atoms with Crippen molar-refractivity contribution in [3.05, 3.63) is 79.0 Å². The molecule has 1 nitrogen and oxygen atoms in total. The molecule has 3 aromatic carbocycles. The van der Waals surface area contributed by atoms with Gasteiger partial charge in [0.05, 0.1) is 5.52 Å². The van der Waals surface area contributed by atoms with Crippen LogP contribution < -0.4 is 0 Å². The van der Waals surface area contributed by atoms with Crippen molar-refractivity contribution in [2.24, 2.45) is 0 Å². The van der Waals surface area contributed by atoms with Crippen LogP contribution in [0.15, 0.2) is 79.0 Å². The normalized spacial score (nSPS) is 11.0. The van der Waals surface area contributed by atoms with Crippen molar-refractivity contribution >= 4 is 21.7 Å². The van der Waals surface area contributed by atoms with E-state index in [1.54, 1.807) is 0 Å².